The monoisotopic (exact) mass is 432 g/mol. The number of fused-ring (bicyclic) bond motifs is 2. The second-order valence-corrected chi connectivity index (χ2v) is 8.55. The summed E-state index contributed by atoms with van der Waals surface area (Å²) in [6, 6.07) is 22.8. The molecule has 162 valence electrons. The largest absolute Gasteiger partial charge is 0.337 e. The molecule has 6 heteroatoms. The maximum Gasteiger partial charge on any atom is 0.163 e. The molecular weight excluding hydrogens is 408 g/mol. The minimum absolute atomic E-state index is 0.686. The zero-order chi connectivity index (χ0) is 22.2. The number of hydrogen-bond donors (Lipinski definition) is 1. The van der Waals surface area contributed by atoms with Crippen LogP contribution in [0.1, 0.15) is 29.7 Å². The van der Waals surface area contributed by atoms with Crippen molar-refractivity contribution in [3.8, 4) is 16.9 Å². The van der Waals surface area contributed by atoms with Crippen molar-refractivity contribution in [2.45, 2.75) is 32.6 Å². The van der Waals surface area contributed by atoms with Crippen molar-refractivity contribution in [2.24, 2.45) is 0 Å². The lowest BCUT2D eigenvalue weighted by atomic mass is 9.90. The van der Waals surface area contributed by atoms with Crippen molar-refractivity contribution in [1.82, 2.24) is 25.0 Å². The molecule has 1 aliphatic carbocycles. The van der Waals surface area contributed by atoms with E-state index < -0.39 is 0 Å². The number of nitrogens with zero attached hydrogens (tertiary/aromatic N) is 5. The normalized spacial score (nSPS) is 13.1. The van der Waals surface area contributed by atoms with Gasteiger partial charge in [0.05, 0.1) is 29.0 Å². The first-order chi connectivity index (χ1) is 16.2. The molecule has 0 fully saturated rings. The van der Waals surface area contributed by atoms with Gasteiger partial charge in [-0.15, -0.1) is 10.2 Å². The van der Waals surface area contributed by atoms with Crippen LogP contribution in [0, 0.1) is 6.92 Å². The van der Waals surface area contributed by atoms with E-state index in [-0.39, 0.29) is 0 Å². The molecule has 0 amide bonds. The molecule has 1 N–H and O–H groups in total. The average molecular weight is 433 g/mol. The number of hydrogen-bond acceptors (Lipinski definition) is 5. The molecular formula is C27H24N6. The summed E-state index contributed by atoms with van der Waals surface area (Å²) in [5, 5.41) is 17.9. The first-order valence-corrected chi connectivity index (χ1v) is 11.4. The van der Waals surface area contributed by atoms with Gasteiger partial charge in [0, 0.05) is 10.9 Å². The lowest BCUT2D eigenvalue weighted by Gasteiger charge is -2.16. The van der Waals surface area contributed by atoms with Gasteiger partial charge in [0.2, 0.25) is 0 Å². The van der Waals surface area contributed by atoms with Gasteiger partial charge in [-0.25, -0.2) is 9.67 Å². The van der Waals surface area contributed by atoms with E-state index in [1.807, 2.05) is 60.3 Å². The van der Waals surface area contributed by atoms with Crippen LogP contribution < -0.4 is 5.32 Å². The fraction of sp³-hybridized carbons (Fsp3) is 0.185. The Hall–Kier alpha value is -4.06. The summed E-state index contributed by atoms with van der Waals surface area (Å²) in [6.45, 7) is 2.00. The molecule has 0 unspecified atom stereocenters. The zero-order valence-corrected chi connectivity index (χ0v) is 18.5. The quantitative estimate of drug-likeness (QED) is 0.388. The van der Waals surface area contributed by atoms with E-state index in [1.165, 1.54) is 30.4 Å². The van der Waals surface area contributed by atoms with Crippen molar-refractivity contribution in [1.29, 1.82) is 0 Å². The molecule has 0 aliphatic heterocycles. The Morgan fingerprint density at radius 1 is 0.848 bits per heavy atom. The third-order valence-corrected chi connectivity index (χ3v) is 6.29. The average Bonchev–Trinajstić information content (AvgIpc) is 3.20. The Labute approximate surface area is 192 Å². The van der Waals surface area contributed by atoms with Crippen molar-refractivity contribution < 1.29 is 0 Å². The standard InChI is InChI=1S/C27H24N6/c1-18-24-16-22(17-28-27(24)33(32-18)23-9-3-2-4-10-23)29-26-14-13-25(30-31-26)21-12-11-19-7-5-6-8-20(19)15-21/h2-4,9-17H,5-8H2,1H3,(H,29,31). The van der Waals surface area contributed by atoms with Gasteiger partial charge in [-0.05, 0) is 80.1 Å². The van der Waals surface area contributed by atoms with Gasteiger partial charge in [-0.2, -0.15) is 5.10 Å². The first kappa shape index (κ1) is 19.6. The number of para-hydroxylation sites is 1. The van der Waals surface area contributed by atoms with Crippen molar-refractivity contribution in [2.75, 3.05) is 5.32 Å². The fourth-order valence-corrected chi connectivity index (χ4v) is 4.55. The molecule has 0 saturated heterocycles. The lowest BCUT2D eigenvalue weighted by molar-refractivity contribution is 0.686. The first-order valence-electron chi connectivity index (χ1n) is 11.4. The van der Waals surface area contributed by atoms with E-state index in [1.54, 1.807) is 0 Å². The van der Waals surface area contributed by atoms with Crippen LogP contribution in [0.2, 0.25) is 0 Å². The Balaban J connectivity index is 1.25. The number of rotatable bonds is 4. The predicted octanol–water partition coefficient (Wildman–Crippen LogP) is 5.81. The van der Waals surface area contributed by atoms with Crippen LogP contribution in [0.4, 0.5) is 11.5 Å². The number of aryl methyl sites for hydroxylation is 3. The zero-order valence-electron chi connectivity index (χ0n) is 18.5. The minimum atomic E-state index is 0.686. The molecule has 2 aromatic carbocycles. The number of nitrogens with one attached hydrogen (secondary N) is 1. The highest BCUT2D eigenvalue weighted by Gasteiger charge is 2.13. The Kier molecular flexibility index (Phi) is 4.83. The van der Waals surface area contributed by atoms with Gasteiger partial charge in [0.25, 0.3) is 0 Å². The Bertz CT molecular complexity index is 1440. The maximum atomic E-state index is 4.68. The van der Waals surface area contributed by atoms with Gasteiger partial charge in [0.1, 0.15) is 0 Å². The molecule has 1 aliphatic rings. The number of aromatic nitrogens is 5. The molecule has 33 heavy (non-hydrogen) atoms. The van der Waals surface area contributed by atoms with Gasteiger partial charge < -0.3 is 5.32 Å². The summed E-state index contributed by atoms with van der Waals surface area (Å²) in [7, 11) is 0. The highest BCUT2D eigenvalue weighted by molar-refractivity contribution is 5.83. The molecule has 0 atom stereocenters. The maximum absolute atomic E-state index is 4.68. The molecule has 5 aromatic rings. The van der Waals surface area contributed by atoms with E-state index in [9.17, 15) is 0 Å². The van der Waals surface area contributed by atoms with Gasteiger partial charge in [0.15, 0.2) is 11.5 Å². The summed E-state index contributed by atoms with van der Waals surface area (Å²) in [5.41, 5.74) is 8.56. The van der Waals surface area contributed by atoms with Crippen LogP contribution in [0.15, 0.2) is 72.9 Å². The second-order valence-electron chi connectivity index (χ2n) is 8.55. The summed E-state index contributed by atoms with van der Waals surface area (Å²) in [4.78, 5) is 4.67. The van der Waals surface area contributed by atoms with Gasteiger partial charge >= 0.3 is 0 Å². The van der Waals surface area contributed by atoms with Crippen LogP contribution in [0.25, 0.3) is 28.0 Å². The fourth-order valence-electron chi connectivity index (χ4n) is 4.55. The third kappa shape index (κ3) is 3.74. The molecule has 0 saturated carbocycles. The number of anilines is 2. The van der Waals surface area contributed by atoms with Gasteiger partial charge in [-0.3, -0.25) is 0 Å². The highest BCUT2D eigenvalue weighted by Crippen LogP contribution is 2.28. The SMILES string of the molecule is Cc1nn(-c2ccccc2)c2ncc(Nc3ccc(-c4ccc5c(c4)CCCC5)nn3)cc12. The van der Waals surface area contributed by atoms with Crippen LogP contribution >= 0.6 is 0 Å². The second kappa shape index (κ2) is 8.13. The number of benzene rings is 2. The minimum Gasteiger partial charge on any atom is -0.337 e. The number of pyridine rings is 1. The van der Waals surface area contributed by atoms with Crippen molar-refractivity contribution >= 4 is 22.5 Å². The molecule has 3 aromatic heterocycles. The Morgan fingerprint density at radius 3 is 2.52 bits per heavy atom. The molecule has 0 bridgehead atoms. The third-order valence-electron chi connectivity index (χ3n) is 6.29. The summed E-state index contributed by atoms with van der Waals surface area (Å²) in [6.07, 6.45) is 6.72. The van der Waals surface area contributed by atoms with Crippen LogP contribution in [0.5, 0.6) is 0 Å². The van der Waals surface area contributed by atoms with Crippen molar-refractivity contribution in [3.05, 3.63) is 89.7 Å². The van der Waals surface area contributed by atoms with Gasteiger partial charge in [-0.1, -0.05) is 30.3 Å². The highest BCUT2D eigenvalue weighted by atomic mass is 15.3. The lowest BCUT2D eigenvalue weighted by Crippen LogP contribution is -2.03. The van der Waals surface area contributed by atoms with Crippen LogP contribution in [0.3, 0.4) is 0 Å². The van der Waals surface area contributed by atoms with Crippen LogP contribution in [-0.2, 0) is 12.8 Å². The van der Waals surface area contributed by atoms with E-state index in [2.05, 4.69) is 49.9 Å². The van der Waals surface area contributed by atoms with E-state index >= 15 is 0 Å². The van der Waals surface area contributed by atoms with Crippen molar-refractivity contribution in [3.63, 3.8) is 0 Å². The van der Waals surface area contributed by atoms with E-state index in [4.69, 9.17) is 0 Å². The molecule has 6 rings (SSSR count). The predicted molar refractivity (Wildman–Crippen MR) is 131 cm³/mol. The van der Waals surface area contributed by atoms with E-state index in [0.29, 0.717) is 5.82 Å². The summed E-state index contributed by atoms with van der Waals surface area (Å²) >= 11 is 0. The molecule has 6 nitrogen and oxygen atoms in total. The van der Waals surface area contributed by atoms with Crippen LogP contribution in [-0.4, -0.2) is 25.0 Å². The topological polar surface area (TPSA) is 68.5 Å². The summed E-state index contributed by atoms with van der Waals surface area (Å²) < 4.78 is 1.88. The smallest absolute Gasteiger partial charge is 0.163 e. The summed E-state index contributed by atoms with van der Waals surface area (Å²) in [5.74, 6) is 0.686. The Morgan fingerprint density at radius 2 is 1.70 bits per heavy atom. The molecule has 3 heterocycles. The van der Waals surface area contributed by atoms with E-state index in [0.717, 1.165) is 45.8 Å². The molecule has 0 radical (unpaired) electrons. The molecule has 0 spiro atoms.